The fourth-order valence-corrected chi connectivity index (χ4v) is 5.01. The normalized spacial score (nSPS) is 14.4. The van der Waals surface area contributed by atoms with Crippen molar-refractivity contribution in [3.63, 3.8) is 0 Å². The largest absolute Gasteiger partial charge is 0.356 e. The lowest BCUT2D eigenvalue weighted by Gasteiger charge is -2.20. The van der Waals surface area contributed by atoms with E-state index in [1.165, 1.54) is 39.7 Å². The van der Waals surface area contributed by atoms with Crippen LogP contribution < -0.4 is 4.90 Å². The van der Waals surface area contributed by atoms with Crippen LogP contribution in [0, 0.1) is 6.92 Å². The van der Waals surface area contributed by atoms with Crippen LogP contribution in [0.4, 0.5) is 5.82 Å². The van der Waals surface area contributed by atoms with Crippen LogP contribution in [0.2, 0.25) is 0 Å². The lowest BCUT2D eigenvalue weighted by molar-refractivity contribution is 0.683. The molecule has 120 valence electrons. The molecular formula is C18H22N4S. The van der Waals surface area contributed by atoms with Gasteiger partial charge >= 0.3 is 0 Å². The first kappa shape index (κ1) is 14.8. The molecule has 3 aromatic heterocycles. The maximum absolute atomic E-state index is 4.91. The molecule has 0 radical (unpaired) electrons. The van der Waals surface area contributed by atoms with Crippen LogP contribution in [-0.4, -0.2) is 28.0 Å². The Morgan fingerprint density at radius 2 is 1.83 bits per heavy atom. The molecule has 23 heavy (non-hydrogen) atoms. The highest BCUT2D eigenvalue weighted by molar-refractivity contribution is 7.26. The zero-order valence-electron chi connectivity index (χ0n) is 14.0. The summed E-state index contributed by atoms with van der Waals surface area (Å²) in [5, 5.41) is 1.29. The fraction of sp³-hybridized carbons (Fsp3) is 0.500. The maximum Gasteiger partial charge on any atom is 0.150 e. The summed E-state index contributed by atoms with van der Waals surface area (Å²) >= 11 is 1.76. The third-order valence-corrected chi connectivity index (χ3v) is 6.04. The Balaban J connectivity index is 2.07. The van der Waals surface area contributed by atoms with Gasteiger partial charge in [-0.2, -0.15) is 0 Å². The van der Waals surface area contributed by atoms with Crippen molar-refractivity contribution in [1.29, 1.82) is 0 Å². The minimum absolute atomic E-state index is 0.960. The summed E-state index contributed by atoms with van der Waals surface area (Å²) < 4.78 is 1.19. The van der Waals surface area contributed by atoms with E-state index in [4.69, 9.17) is 4.98 Å². The molecule has 1 aliphatic carbocycles. The minimum Gasteiger partial charge on any atom is -0.356 e. The number of pyridine rings is 1. The van der Waals surface area contributed by atoms with Crippen molar-refractivity contribution in [3.05, 3.63) is 23.1 Å². The quantitative estimate of drug-likeness (QED) is 0.721. The Labute approximate surface area is 140 Å². The van der Waals surface area contributed by atoms with E-state index in [2.05, 4.69) is 35.6 Å². The molecule has 1 aliphatic rings. The Hall–Kier alpha value is -1.75. The molecular weight excluding hydrogens is 304 g/mol. The van der Waals surface area contributed by atoms with Crippen LogP contribution in [0.5, 0.6) is 0 Å². The number of rotatable bonds is 3. The van der Waals surface area contributed by atoms with Crippen molar-refractivity contribution >= 4 is 37.6 Å². The summed E-state index contributed by atoms with van der Waals surface area (Å²) in [4.78, 5) is 17.6. The molecule has 0 aromatic carbocycles. The number of aromatic nitrogens is 3. The molecule has 0 saturated heterocycles. The average molecular weight is 326 g/mol. The molecule has 4 rings (SSSR count). The van der Waals surface area contributed by atoms with Gasteiger partial charge in [0.25, 0.3) is 0 Å². The molecule has 3 heterocycles. The second kappa shape index (κ2) is 5.71. The number of hydrogen-bond donors (Lipinski definition) is 0. The number of thiophene rings is 1. The highest BCUT2D eigenvalue weighted by Crippen LogP contribution is 2.41. The van der Waals surface area contributed by atoms with Crippen molar-refractivity contribution in [2.75, 3.05) is 18.0 Å². The third kappa shape index (κ3) is 2.21. The van der Waals surface area contributed by atoms with E-state index >= 15 is 0 Å². The van der Waals surface area contributed by atoms with Gasteiger partial charge in [-0.05, 0) is 57.6 Å². The second-order valence-corrected chi connectivity index (χ2v) is 7.19. The maximum atomic E-state index is 4.91. The van der Waals surface area contributed by atoms with Gasteiger partial charge < -0.3 is 4.90 Å². The number of nitrogens with zero attached hydrogens (tertiary/aromatic N) is 4. The van der Waals surface area contributed by atoms with Crippen LogP contribution >= 0.6 is 11.3 Å². The number of anilines is 1. The van der Waals surface area contributed by atoms with E-state index in [1.807, 2.05) is 0 Å². The van der Waals surface area contributed by atoms with E-state index < -0.39 is 0 Å². The fourth-order valence-electron chi connectivity index (χ4n) is 3.78. The summed E-state index contributed by atoms with van der Waals surface area (Å²) in [6, 6.07) is 0. The van der Waals surface area contributed by atoms with Crippen LogP contribution in [0.15, 0.2) is 6.33 Å². The zero-order valence-corrected chi connectivity index (χ0v) is 14.8. The van der Waals surface area contributed by atoms with Gasteiger partial charge in [0.05, 0.1) is 10.2 Å². The van der Waals surface area contributed by atoms with Crippen LogP contribution in [0.3, 0.4) is 0 Å². The first-order valence-corrected chi connectivity index (χ1v) is 9.36. The second-order valence-electron chi connectivity index (χ2n) is 6.19. The SMILES string of the molecule is CCN(CC)c1ncnc2c1sc1nc(C)c3c(c12)CCCC3. The Morgan fingerprint density at radius 3 is 2.57 bits per heavy atom. The van der Waals surface area contributed by atoms with Crippen molar-refractivity contribution in [1.82, 2.24) is 15.0 Å². The highest BCUT2D eigenvalue weighted by Gasteiger charge is 2.22. The molecule has 0 atom stereocenters. The average Bonchev–Trinajstić information content (AvgIpc) is 2.95. The summed E-state index contributed by atoms with van der Waals surface area (Å²) in [5.41, 5.74) is 5.27. The highest BCUT2D eigenvalue weighted by atomic mass is 32.1. The van der Waals surface area contributed by atoms with Crippen LogP contribution in [-0.2, 0) is 12.8 Å². The van der Waals surface area contributed by atoms with Gasteiger partial charge in [0, 0.05) is 24.2 Å². The Kier molecular flexibility index (Phi) is 3.68. The van der Waals surface area contributed by atoms with Crippen molar-refractivity contribution in [3.8, 4) is 0 Å². The van der Waals surface area contributed by atoms with E-state index in [9.17, 15) is 0 Å². The summed E-state index contributed by atoms with van der Waals surface area (Å²) in [6.07, 6.45) is 6.60. The molecule has 0 N–H and O–H groups in total. The van der Waals surface area contributed by atoms with Crippen molar-refractivity contribution < 1.29 is 0 Å². The summed E-state index contributed by atoms with van der Waals surface area (Å²) in [7, 11) is 0. The van der Waals surface area contributed by atoms with E-state index in [0.717, 1.165) is 42.1 Å². The monoisotopic (exact) mass is 326 g/mol. The predicted molar refractivity (Wildman–Crippen MR) is 97.7 cm³/mol. The van der Waals surface area contributed by atoms with Gasteiger partial charge in [-0.3, -0.25) is 0 Å². The molecule has 4 nitrogen and oxygen atoms in total. The first-order chi connectivity index (χ1) is 11.2. The molecule has 3 aromatic rings. The van der Waals surface area contributed by atoms with Gasteiger partial charge in [0.15, 0.2) is 0 Å². The molecule has 0 spiro atoms. The van der Waals surface area contributed by atoms with Crippen LogP contribution in [0.25, 0.3) is 20.4 Å². The van der Waals surface area contributed by atoms with Gasteiger partial charge in [-0.1, -0.05) is 0 Å². The minimum atomic E-state index is 0.960. The van der Waals surface area contributed by atoms with Gasteiger partial charge in [0.1, 0.15) is 17.0 Å². The molecule has 0 bridgehead atoms. The van der Waals surface area contributed by atoms with Gasteiger partial charge in [0.2, 0.25) is 0 Å². The number of aryl methyl sites for hydroxylation is 2. The molecule has 0 unspecified atom stereocenters. The van der Waals surface area contributed by atoms with Crippen LogP contribution in [0.1, 0.15) is 43.5 Å². The molecule has 5 heteroatoms. The van der Waals surface area contributed by atoms with Crippen molar-refractivity contribution in [2.24, 2.45) is 0 Å². The van der Waals surface area contributed by atoms with Crippen molar-refractivity contribution in [2.45, 2.75) is 46.5 Å². The Morgan fingerprint density at radius 1 is 1.09 bits per heavy atom. The molecule has 0 aliphatic heterocycles. The smallest absolute Gasteiger partial charge is 0.150 e. The third-order valence-electron chi connectivity index (χ3n) is 4.97. The summed E-state index contributed by atoms with van der Waals surface area (Å²) in [5.74, 6) is 1.06. The van der Waals surface area contributed by atoms with Gasteiger partial charge in [-0.15, -0.1) is 11.3 Å². The lowest BCUT2D eigenvalue weighted by Crippen LogP contribution is -2.23. The molecule has 0 fully saturated rings. The number of hydrogen-bond acceptors (Lipinski definition) is 5. The number of fused-ring (bicyclic) bond motifs is 5. The standard InChI is InChI=1S/C18H22N4S/c1-4-22(5-2)17-16-15(19-10-20-17)14-13-9-7-6-8-12(13)11(3)21-18(14)23-16/h10H,4-9H2,1-3H3. The Bertz CT molecular complexity index is 880. The summed E-state index contributed by atoms with van der Waals surface area (Å²) in [6.45, 7) is 8.43. The topological polar surface area (TPSA) is 41.9 Å². The zero-order chi connectivity index (χ0) is 16.0. The first-order valence-electron chi connectivity index (χ1n) is 8.55. The van der Waals surface area contributed by atoms with E-state index in [1.54, 1.807) is 17.7 Å². The van der Waals surface area contributed by atoms with E-state index in [0.29, 0.717) is 0 Å². The van der Waals surface area contributed by atoms with E-state index in [-0.39, 0.29) is 0 Å². The molecule has 0 saturated carbocycles. The predicted octanol–water partition coefficient (Wildman–Crippen LogP) is 4.27. The molecule has 0 amide bonds. The van der Waals surface area contributed by atoms with Gasteiger partial charge in [-0.25, -0.2) is 15.0 Å². The lowest BCUT2D eigenvalue weighted by atomic mass is 9.89.